The van der Waals surface area contributed by atoms with E-state index in [4.69, 9.17) is 16.3 Å². The number of hydrogen-bond acceptors (Lipinski definition) is 4. The van der Waals surface area contributed by atoms with Crippen molar-refractivity contribution in [1.29, 1.82) is 0 Å². The van der Waals surface area contributed by atoms with Gasteiger partial charge in [0.15, 0.2) is 0 Å². The van der Waals surface area contributed by atoms with Gasteiger partial charge in [0, 0.05) is 19.1 Å². The maximum Gasteiger partial charge on any atom is 0.238 e. The largest absolute Gasteiger partial charge is 0.379 e. The number of carbonyl (C=O) groups is 2. The summed E-state index contributed by atoms with van der Waals surface area (Å²) in [5.41, 5.74) is 1.68. The second-order valence-electron chi connectivity index (χ2n) is 7.65. The van der Waals surface area contributed by atoms with Crippen LogP contribution in [-0.4, -0.2) is 55.6 Å². The summed E-state index contributed by atoms with van der Waals surface area (Å²) in [5, 5.41) is 6.40. The Hall–Kier alpha value is -1.63. The summed E-state index contributed by atoms with van der Waals surface area (Å²) in [4.78, 5) is 26.6. The van der Waals surface area contributed by atoms with Crippen LogP contribution < -0.4 is 10.6 Å². The van der Waals surface area contributed by atoms with Gasteiger partial charge in [-0.05, 0) is 70.8 Å². The van der Waals surface area contributed by atoms with E-state index in [0.717, 1.165) is 37.9 Å². The van der Waals surface area contributed by atoms with Crippen molar-refractivity contribution in [3.05, 3.63) is 28.8 Å². The maximum atomic E-state index is 12.3. The van der Waals surface area contributed by atoms with Crippen LogP contribution >= 0.6 is 11.6 Å². The summed E-state index contributed by atoms with van der Waals surface area (Å²) in [6.45, 7) is 9.06. The lowest BCUT2D eigenvalue weighted by molar-refractivity contribution is -0.126. The molecule has 1 aromatic carbocycles. The van der Waals surface area contributed by atoms with E-state index in [9.17, 15) is 9.59 Å². The van der Waals surface area contributed by atoms with Gasteiger partial charge in [0.1, 0.15) is 0 Å². The lowest BCUT2D eigenvalue weighted by Crippen LogP contribution is -2.43. The molecule has 0 spiro atoms. The summed E-state index contributed by atoms with van der Waals surface area (Å²) >= 11 is 6.17. The van der Waals surface area contributed by atoms with Gasteiger partial charge in [0.05, 0.1) is 23.4 Å². The Labute approximate surface area is 172 Å². The number of rotatable bonds is 9. The molecule has 156 valence electrons. The third-order valence-electron chi connectivity index (χ3n) is 4.80. The zero-order valence-corrected chi connectivity index (χ0v) is 17.8. The van der Waals surface area contributed by atoms with Crippen molar-refractivity contribution in [2.24, 2.45) is 5.92 Å². The van der Waals surface area contributed by atoms with Gasteiger partial charge in [-0.1, -0.05) is 17.7 Å². The minimum Gasteiger partial charge on any atom is -0.379 e. The molecule has 6 nitrogen and oxygen atoms in total. The quantitative estimate of drug-likeness (QED) is 0.614. The molecule has 1 aromatic rings. The molecule has 7 heteroatoms. The molecule has 1 aliphatic heterocycles. The molecule has 0 aliphatic carbocycles. The van der Waals surface area contributed by atoms with Crippen molar-refractivity contribution in [3.63, 3.8) is 0 Å². The molecule has 2 N–H and O–H groups in total. The molecule has 2 rings (SSSR count). The number of carbonyl (C=O) groups excluding carboxylic acids is 2. The van der Waals surface area contributed by atoms with Crippen molar-refractivity contribution >= 4 is 29.1 Å². The third kappa shape index (κ3) is 7.78. The van der Waals surface area contributed by atoms with Crippen LogP contribution in [0.4, 0.5) is 5.69 Å². The van der Waals surface area contributed by atoms with Crippen LogP contribution in [0.2, 0.25) is 5.02 Å². The molecule has 1 saturated heterocycles. The second kappa shape index (κ2) is 11.4. The smallest absolute Gasteiger partial charge is 0.238 e. The summed E-state index contributed by atoms with van der Waals surface area (Å²) in [6, 6.07) is 5.56. The first-order chi connectivity index (χ1) is 13.3. The van der Waals surface area contributed by atoms with Crippen LogP contribution in [0.25, 0.3) is 0 Å². The summed E-state index contributed by atoms with van der Waals surface area (Å²) < 4.78 is 5.47. The Morgan fingerprint density at radius 2 is 2.00 bits per heavy atom. The number of aryl methyl sites for hydroxylation is 1. The number of halogens is 1. The molecule has 2 amide bonds. The average Bonchev–Trinajstić information content (AvgIpc) is 2.64. The van der Waals surface area contributed by atoms with Gasteiger partial charge in [-0.3, -0.25) is 14.5 Å². The van der Waals surface area contributed by atoms with Gasteiger partial charge in [-0.2, -0.15) is 0 Å². The van der Waals surface area contributed by atoms with E-state index in [1.54, 1.807) is 0 Å². The summed E-state index contributed by atoms with van der Waals surface area (Å²) in [7, 11) is 0. The van der Waals surface area contributed by atoms with Crippen LogP contribution in [-0.2, 0) is 14.3 Å². The van der Waals surface area contributed by atoms with E-state index in [-0.39, 0.29) is 23.8 Å². The first-order valence-electron chi connectivity index (χ1n) is 10.0. The molecule has 0 aromatic heterocycles. The maximum absolute atomic E-state index is 12.3. The Morgan fingerprint density at radius 3 is 2.64 bits per heavy atom. The predicted octanol–water partition coefficient (Wildman–Crippen LogP) is 3.23. The number of anilines is 1. The highest BCUT2D eigenvalue weighted by Gasteiger charge is 2.25. The number of amides is 2. The summed E-state index contributed by atoms with van der Waals surface area (Å²) in [5.74, 6) is 0.0516. The molecular formula is C21H32ClN3O3. The number of piperidine rings is 1. The highest BCUT2D eigenvalue weighted by molar-refractivity contribution is 6.33. The van der Waals surface area contributed by atoms with E-state index in [1.165, 1.54) is 0 Å². The fourth-order valence-electron chi connectivity index (χ4n) is 3.21. The van der Waals surface area contributed by atoms with Crippen molar-refractivity contribution in [3.8, 4) is 0 Å². The first kappa shape index (κ1) is 22.7. The molecule has 0 bridgehead atoms. The van der Waals surface area contributed by atoms with Gasteiger partial charge in [0.2, 0.25) is 11.8 Å². The average molecular weight is 410 g/mol. The Bertz CT molecular complexity index is 658. The SMILES string of the molecule is Cc1ccc(NC(=O)CN2CCC(C(=O)NCCCOC(C)C)CC2)c(Cl)c1. The third-order valence-corrected chi connectivity index (χ3v) is 5.11. The van der Waals surface area contributed by atoms with Gasteiger partial charge < -0.3 is 15.4 Å². The number of ether oxygens (including phenoxy) is 1. The zero-order valence-electron chi connectivity index (χ0n) is 17.1. The highest BCUT2D eigenvalue weighted by Crippen LogP contribution is 2.23. The van der Waals surface area contributed by atoms with Crippen molar-refractivity contribution < 1.29 is 14.3 Å². The Kier molecular flexibility index (Phi) is 9.22. The topological polar surface area (TPSA) is 70.7 Å². The lowest BCUT2D eigenvalue weighted by atomic mass is 9.96. The first-order valence-corrected chi connectivity index (χ1v) is 10.4. The number of likely N-dealkylation sites (tertiary alicyclic amines) is 1. The minimum atomic E-state index is -0.0844. The molecular weight excluding hydrogens is 378 g/mol. The highest BCUT2D eigenvalue weighted by atomic mass is 35.5. The number of hydrogen-bond donors (Lipinski definition) is 2. The van der Waals surface area contributed by atoms with Crippen molar-refractivity contribution in [1.82, 2.24) is 10.2 Å². The van der Waals surface area contributed by atoms with Crippen LogP contribution in [0.3, 0.4) is 0 Å². The number of nitrogens with zero attached hydrogens (tertiary/aromatic N) is 1. The van der Waals surface area contributed by atoms with Crippen LogP contribution in [0.5, 0.6) is 0 Å². The zero-order chi connectivity index (χ0) is 20.5. The lowest BCUT2D eigenvalue weighted by Gasteiger charge is -2.30. The summed E-state index contributed by atoms with van der Waals surface area (Å²) in [6.07, 6.45) is 2.59. The Balaban J connectivity index is 1.66. The molecule has 0 radical (unpaired) electrons. The number of nitrogens with one attached hydrogen (secondary N) is 2. The molecule has 28 heavy (non-hydrogen) atoms. The van der Waals surface area contributed by atoms with E-state index in [2.05, 4.69) is 15.5 Å². The van der Waals surface area contributed by atoms with Gasteiger partial charge >= 0.3 is 0 Å². The minimum absolute atomic E-state index is 0.0249. The molecule has 1 heterocycles. The monoisotopic (exact) mass is 409 g/mol. The van der Waals surface area contributed by atoms with Gasteiger partial charge in [0.25, 0.3) is 0 Å². The molecule has 1 aliphatic rings. The van der Waals surface area contributed by atoms with Gasteiger partial charge in [-0.25, -0.2) is 0 Å². The van der Waals surface area contributed by atoms with E-state index < -0.39 is 0 Å². The van der Waals surface area contributed by atoms with Gasteiger partial charge in [-0.15, -0.1) is 0 Å². The molecule has 1 fully saturated rings. The molecule has 0 atom stereocenters. The van der Waals surface area contributed by atoms with Crippen LogP contribution in [0.15, 0.2) is 18.2 Å². The van der Waals surface area contributed by atoms with Crippen molar-refractivity contribution in [2.45, 2.75) is 46.1 Å². The van der Waals surface area contributed by atoms with E-state index in [1.807, 2.05) is 39.0 Å². The van der Waals surface area contributed by atoms with Crippen molar-refractivity contribution in [2.75, 3.05) is 38.1 Å². The fourth-order valence-corrected chi connectivity index (χ4v) is 3.50. The fraction of sp³-hybridized carbons (Fsp3) is 0.619. The molecule has 0 unspecified atom stereocenters. The second-order valence-corrected chi connectivity index (χ2v) is 8.05. The normalized spacial score (nSPS) is 15.6. The van der Waals surface area contributed by atoms with Crippen LogP contribution in [0, 0.1) is 12.8 Å². The van der Waals surface area contributed by atoms with Crippen LogP contribution in [0.1, 0.15) is 38.7 Å². The Morgan fingerprint density at radius 1 is 1.29 bits per heavy atom. The standard InChI is InChI=1S/C21H32ClN3O3/c1-15(2)28-12-4-9-23-21(27)17-7-10-25(11-8-17)14-20(26)24-19-6-5-16(3)13-18(19)22/h5-6,13,15,17H,4,7-12,14H2,1-3H3,(H,23,27)(H,24,26). The van der Waals surface area contributed by atoms with E-state index >= 15 is 0 Å². The van der Waals surface area contributed by atoms with E-state index in [0.29, 0.717) is 30.4 Å². The molecule has 0 saturated carbocycles. The predicted molar refractivity (Wildman–Crippen MR) is 113 cm³/mol. The number of benzene rings is 1.